The van der Waals surface area contributed by atoms with E-state index < -0.39 is 45.1 Å². The number of phosphoric ester groups is 1. The van der Waals surface area contributed by atoms with Crippen LogP contribution in [-0.2, 0) is 32.7 Å². The predicted octanol–water partition coefficient (Wildman–Crippen LogP) is 11.6. The van der Waals surface area contributed by atoms with Gasteiger partial charge in [-0.3, -0.25) is 18.6 Å². The van der Waals surface area contributed by atoms with Gasteiger partial charge in [0.25, 0.3) is 0 Å². The molecule has 10 nitrogen and oxygen atoms in total. The van der Waals surface area contributed by atoms with Gasteiger partial charge in [0.1, 0.15) is 12.1 Å². The van der Waals surface area contributed by atoms with Crippen LogP contribution in [-0.4, -0.2) is 60.5 Å². The summed E-state index contributed by atoms with van der Waals surface area (Å²) in [6.45, 7) is 3.92. The first-order valence-corrected chi connectivity index (χ1v) is 23.1. The van der Waals surface area contributed by atoms with Crippen LogP contribution in [0.25, 0.3) is 0 Å². The van der Waals surface area contributed by atoms with Crippen molar-refractivity contribution in [3.63, 3.8) is 0 Å². The van der Waals surface area contributed by atoms with Crippen molar-refractivity contribution in [1.82, 2.24) is 0 Å². The van der Waals surface area contributed by atoms with E-state index in [0.717, 1.165) is 38.5 Å². The van der Waals surface area contributed by atoms with E-state index in [9.17, 15) is 19.0 Å². The minimum Gasteiger partial charge on any atom is -0.480 e. The fraction of sp³-hybridized carbons (Fsp3) is 0.951. The molecule has 4 N–H and O–H groups in total. The van der Waals surface area contributed by atoms with E-state index in [-0.39, 0.29) is 13.0 Å². The maximum atomic E-state index is 12.6. The zero-order chi connectivity index (χ0) is 38.4. The van der Waals surface area contributed by atoms with Crippen molar-refractivity contribution in [2.45, 2.75) is 225 Å². The van der Waals surface area contributed by atoms with Gasteiger partial charge in [0.05, 0.1) is 19.8 Å². The lowest BCUT2D eigenvalue weighted by Crippen LogP contribution is -2.34. The Hall–Kier alpha value is -1.03. The zero-order valence-corrected chi connectivity index (χ0v) is 34.6. The van der Waals surface area contributed by atoms with E-state index >= 15 is 0 Å². The molecule has 11 heteroatoms. The average molecular weight is 764 g/mol. The largest absolute Gasteiger partial charge is 0.480 e. The number of ether oxygens (including phenoxy) is 2. The molecule has 0 amide bonds. The van der Waals surface area contributed by atoms with E-state index in [2.05, 4.69) is 13.8 Å². The number of unbranched alkanes of at least 4 members (excludes halogenated alkanes) is 28. The molecule has 3 atom stereocenters. The number of nitrogens with two attached hydrogens (primary N) is 1. The molecule has 0 aliphatic heterocycles. The van der Waals surface area contributed by atoms with Gasteiger partial charge in [-0.2, -0.15) is 0 Å². The van der Waals surface area contributed by atoms with Gasteiger partial charge in [-0.25, -0.2) is 4.57 Å². The SMILES string of the molecule is CCCCCCCCCCCCCCCCCCCCOC[C@H](COP(=O)(O)OC[C@H](N)C(=O)O)OC(=O)CCCCCCCCCCCCCC. The highest BCUT2D eigenvalue weighted by Gasteiger charge is 2.27. The Balaban J connectivity index is 4.16. The molecule has 0 aromatic heterocycles. The summed E-state index contributed by atoms with van der Waals surface area (Å²) in [6, 6.07) is -1.47. The zero-order valence-electron chi connectivity index (χ0n) is 33.7. The Morgan fingerprint density at radius 1 is 0.538 bits per heavy atom. The molecular formula is C41H82NO9P. The predicted molar refractivity (Wildman–Crippen MR) is 213 cm³/mol. The van der Waals surface area contributed by atoms with E-state index in [1.165, 1.54) is 154 Å². The highest BCUT2D eigenvalue weighted by atomic mass is 31.2. The van der Waals surface area contributed by atoms with Crippen LogP contribution >= 0.6 is 7.82 Å². The highest BCUT2D eigenvalue weighted by molar-refractivity contribution is 7.47. The van der Waals surface area contributed by atoms with Gasteiger partial charge in [-0.05, 0) is 12.8 Å². The molecule has 0 aliphatic carbocycles. The highest BCUT2D eigenvalue weighted by Crippen LogP contribution is 2.43. The monoisotopic (exact) mass is 764 g/mol. The number of hydrogen-bond acceptors (Lipinski definition) is 8. The molecule has 0 saturated heterocycles. The number of carbonyl (C=O) groups is 2. The van der Waals surface area contributed by atoms with Crippen LogP contribution in [0.2, 0.25) is 0 Å². The normalized spacial score (nSPS) is 13.9. The van der Waals surface area contributed by atoms with Crippen LogP contribution in [0.1, 0.15) is 213 Å². The molecule has 0 spiro atoms. The van der Waals surface area contributed by atoms with Crippen LogP contribution in [0, 0.1) is 0 Å². The number of aliphatic carboxylic acids is 1. The second kappa shape index (κ2) is 38.3. The molecule has 1 unspecified atom stereocenters. The summed E-state index contributed by atoms with van der Waals surface area (Å²) in [7, 11) is -4.60. The van der Waals surface area contributed by atoms with Gasteiger partial charge in [-0.1, -0.05) is 194 Å². The van der Waals surface area contributed by atoms with E-state index in [4.69, 9.17) is 29.4 Å². The summed E-state index contributed by atoms with van der Waals surface area (Å²) in [5, 5.41) is 8.88. The summed E-state index contributed by atoms with van der Waals surface area (Å²) in [5.41, 5.74) is 5.35. The number of rotatable bonds is 42. The number of carbonyl (C=O) groups excluding carboxylic acids is 1. The van der Waals surface area contributed by atoms with Gasteiger partial charge in [0.2, 0.25) is 0 Å². The summed E-state index contributed by atoms with van der Waals surface area (Å²) in [6.07, 6.45) is 37.2. The van der Waals surface area contributed by atoms with Crippen molar-refractivity contribution < 1.29 is 42.7 Å². The van der Waals surface area contributed by atoms with E-state index in [1.54, 1.807) is 0 Å². The molecule has 0 aromatic rings. The van der Waals surface area contributed by atoms with Gasteiger partial charge in [0.15, 0.2) is 0 Å². The molecule has 52 heavy (non-hydrogen) atoms. The fourth-order valence-corrected chi connectivity index (χ4v) is 7.03. The first kappa shape index (κ1) is 51.0. The van der Waals surface area contributed by atoms with Crippen LogP contribution in [0.4, 0.5) is 0 Å². The van der Waals surface area contributed by atoms with Crippen LogP contribution in [0.5, 0.6) is 0 Å². The lowest BCUT2D eigenvalue weighted by molar-refractivity contribution is -0.154. The first-order valence-electron chi connectivity index (χ1n) is 21.6. The van der Waals surface area contributed by atoms with Gasteiger partial charge < -0.3 is 25.2 Å². The third-order valence-electron chi connectivity index (χ3n) is 9.64. The average Bonchev–Trinajstić information content (AvgIpc) is 3.12. The lowest BCUT2D eigenvalue weighted by Gasteiger charge is -2.20. The second-order valence-electron chi connectivity index (χ2n) is 14.8. The van der Waals surface area contributed by atoms with Crippen LogP contribution in [0.3, 0.4) is 0 Å². The molecule has 0 aliphatic rings. The van der Waals surface area contributed by atoms with Gasteiger partial charge in [-0.15, -0.1) is 0 Å². The molecule has 0 bridgehead atoms. The van der Waals surface area contributed by atoms with Crippen molar-refractivity contribution in [2.24, 2.45) is 5.73 Å². The Bertz CT molecular complexity index is 847. The molecule has 0 saturated carbocycles. The van der Waals surface area contributed by atoms with Gasteiger partial charge >= 0.3 is 19.8 Å². The maximum Gasteiger partial charge on any atom is 0.472 e. The molecule has 0 aromatic carbocycles. The number of esters is 1. The van der Waals surface area contributed by atoms with Crippen molar-refractivity contribution in [3.8, 4) is 0 Å². The Kier molecular flexibility index (Phi) is 37.5. The number of phosphoric acid groups is 1. The number of carboxylic acids is 1. The number of hydrogen-bond donors (Lipinski definition) is 3. The molecule has 0 heterocycles. The van der Waals surface area contributed by atoms with Crippen molar-refractivity contribution >= 4 is 19.8 Å². The molecule has 0 fully saturated rings. The second-order valence-corrected chi connectivity index (χ2v) is 16.3. The molecule has 0 rings (SSSR count). The Morgan fingerprint density at radius 2 is 0.885 bits per heavy atom. The minimum atomic E-state index is -4.60. The standard InChI is InChI=1S/C41H82NO9P/c1-3-5-7-9-11-13-15-17-18-19-20-21-22-24-26-28-30-32-34-48-35-38(36-49-52(46,47)50-37-39(42)41(44)45)51-40(43)33-31-29-27-25-23-16-14-12-10-8-6-4-2/h38-39H,3-37,42H2,1-2H3,(H,44,45)(H,46,47)/t38-,39+/m1/s1. The fourth-order valence-electron chi connectivity index (χ4n) is 6.25. The Labute approximate surface area is 319 Å². The first-order chi connectivity index (χ1) is 25.2. The van der Waals surface area contributed by atoms with E-state index in [1.807, 2.05) is 0 Å². The molecule has 0 radical (unpaired) electrons. The van der Waals surface area contributed by atoms with Gasteiger partial charge in [0, 0.05) is 13.0 Å². The van der Waals surface area contributed by atoms with Crippen molar-refractivity contribution in [2.75, 3.05) is 26.4 Å². The lowest BCUT2D eigenvalue weighted by atomic mass is 10.0. The van der Waals surface area contributed by atoms with Crippen molar-refractivity contribution in [1.29, 1.82) is 0 Å². The van der Waals surface area contributed by atoms with Crippen molar-refractivity contribution in [3.05, 3.63) is 0 Å². The quantitative estimate of drug-likeness (QED) is 0.0311. The summed E-state index contributed by atoms with van der Waals surface area (Å²) >= 11 is 0. The molecular weight excluding hydrogens is 681 g/mol. The third kappa shape index (κ3) is 37.3. The summed E-state index contributed by atoms with van der Waals surface area (Å²) < 4.78 is 33.3. The number of carboxylic acid groups (broad SMARTS) is 1. The van der Waals surface area contributed by atoms with E-state index in [0.29, 0.717) is 6.61 Å². The molecule has 310 valence electrons. The summed E-state index contributed by atoms with van der Waals surface area (Å²) in [5.74, 6) is -1.77. The maximum absolute atomic E-state index is 12.6. The Morgan fingerprint density at radius 3 is 1.27 bits per heavy atom. The third-order valence-corrected chi connectivity index (χ3v) is 10.6. The minimum absolute atomic E-state index is 0.0256. The topological polar surface area (TPSA) is 155 Å². The van der Waals surface area contributed by atoms with Crippen LogP contribution in [0.15, 0.2) is 0 Å². The van der Waals surface area contributed by atoms with Crippen LogP contribution < -0.4 is 5.73 Å². The summed E-state index contributed by atoms with van der Waals surface area (Å²) in [4.78, 5) is 33.4. The smallest absolute Gasteiger partial charge is 0.472 e.